The highest BCUT2D eigenvalue weighted by atomic mass is 16.5. The summed E-state index contributed by atoms with van der Waals surface area (Å²) in [5.74, 6) is 0.274. The summed E-state index contributed by atoms with van der Waals surface area (Å²) in [6.45, 7) is 2.08. The SMILES string of the molecule is COC(C)(c1ccccc1)c1cccc(-c2ccc(O)cc2)c1. The third-order valence-corrected chi connectivity index (χ3v) is 4.35. The fourth-order valence-corrected chi connectivity index (χ4v) is 2.81. The van der Waals surface area contributed by atoms with Crippen LogP contribution in [0.4, 0.5) is 0 Å². The summed E-state index contributed by atoms with van der Waals surface area (Å²) in [7, 11) is 1.74. The van der Waals surface area contributed by atoms with Gasteiger partial charge in [-0.3, -0.25) is 0 Å². The molecule has 0 aliphatic rings. The lowest BCUT2D eigenvalue weighted by Gasteiger charge is -2.30. The summed E-state index contributed by atoms with van der Waals surface area (Å²) in [5, 5.41) is 9.45. The van der Waals surface area contributed by atoms with Gasteiger partial charge in [0.2, 0.25) is 0 Å². The fraction of sp³-hybridized carbons (Fsp3) is 0.143. The van der Waals surface area contributed by atoms with E-state index in [0.29, 0.717) is 0 Å². The molecule has 2 heteroatoms. The van der Waals surface area contributed by atoms with Gasteiger partial charge < -0.3 is 9.84 Å². The Morgan fingerprint density at radius 2 is 1.39 bits per heavy atom. The van der Waals surface area contributed by atoms with Crippen LogP contribution in [0, 0.1) is 0 Å². The highest BCUT2D eigenvalue weighted by molar-refractivity contribution is 5.65. The van der Waals surface area contributed by atoms with E-state index in [2.05, 4.69) is 37.3 Å². The zero-order chi connectivity index (χ0) is 16.3. The molecule has 0 spiro atoms. The molecule has 116 valence electrons. The smallest absolute Gasteiger partial charge is 0.115 e. The van der Waals surface area contributed by atoms with Gasteiger partial charge >= 0.3 is 0 Å². The van der Waals surface area contributed by atoms with Gasteiger partial charge in [-0.2, -0.15) is 0 Å². The topological polar surface area (TPSA) is 29.5 Å². The molecule has 1 unspecified atom stereocenters. The first-order valence-electron chi connectivity index (χ1n) is 7.64. The van der Waals surface area contributed by atoms with Crippen molar-refractivity contribution in [2.75, 3.05) is 7.11 Å². The van der Waals surface area contributed by atoms with Crippen LogP contribution in [0.5, 0.6) is 5.75 Å². The van der Waals surface area contributed by atoms with Crippen molar-refractivity contribution in [2.45, 2.75) is 12.5 Å². The number of hydrogen-bond donors (Lipinski definition) is 1. The number of hydrogen-bond acceptors (Lipinski definition) is 2. The monoisotopic (exact) mass is 304 g/mol. The zero-order valence-electron chi connectivity index (χ0n) is 13.4. The molecule has 0 amide bonds. The van der Waals surface area contributed by atoms with Crippen LogP contribution < -0.4 is 0 Å². The van der Waals surface area contributed by atoms with Crippen molar-refractivity contribution < 1.29 is 9.84 Å². The van der Waals surface area contributed by atoms with Gasteiger partial charge in [0.1, 0.15) is 11.4 Å². The molecule has 0 heterocycles. The Morgan fingerprint density at radius 3 is 2.04 bits per heavy atom. The first-order chi connectivity index (χ1) is 11.1. The number of methoxy groups -OCH3 is 1. The maximum absolute atomic E-state index is 9.45. The third-order valence-electron chi connectivity index (χ3n) is 4.35. The van der Waals surface area contributed by atoms with E-state index >= 15 is 0 Å². The second-order valence-corrected chi connectivity index (χ2v) is 5.73. The van der Waals surface area contributed by atoms with E-state index < -0.39 is 5.60 Å². The predicted octanol–water partition coefficient (Wildman–Crippen LogP) is 4.97. The number of ether oxygens (including phenoxy) is 1. The Balaban J connectivity index is 2.06. The zero-order valence-corrected chi connectivity index (χ0v) is 13.4. The number of phenolic OH excluding ortho intramolecular Hbond substituents is 1. The number of phenols is 1. The second-order valence-electron chi connectivity index (χ2n) is 5.73. The van der Waals surface area contributed by atoms with E-state index in [1.165, 1.54) is 0 Å². The molecule has 0 saturated carbocycles. The molecule has 0 fully saturated rings. The predicted molar refractivity (Wildman–Crippen MR) is 93.4 cm³/mol. The van der Waals surface area contributed by atoms with Crippen LogP contribution in [-0.4, -0.2) is 12.2 Å². The van der Waals surface area contributed by atoms with Crippen molar-refractivity contribution in [2.24, 2.45) is 0 Å². The van der Waals surface area contributed by atoms with Crippen LogP contribution >= 0.6 is 0 Å². The molecular formula is C21H20O2. The highest BCUT2D eigenvalue weighted by Gasteiger charge is 2.28. The second kappa shape index (κ2) is 6.27. The van der Waals surface area contributed by atoms with Gasteiger partial charge in [0.05, 0.1) is 0 Å². The summed E-state index contributed by atoms with van der Waals surface area (Å²) in [6.07, 6.45) is 0. The quantitative estimate of drug-likeness (QED) is 0.737. The molecule has 3 aromatic rings. The van der Waals surface area contributed by atoms with Gasteiger partial charge in [-0.15, -0.1) is 0 Å². The molecule has 0 aromatic heterocycles. The molecule has 2 nitrogen and oxygen atoms in total. The first-order valence-corrected chi connectivity index (χ1v) is 7.64. The van der Waals surface area contributed by atoms with Crippen LogP contribution in [0.15, 0.2) is 78.9 Å². The Labute approximate surface area is 137 Å². The lowest BCUT2D eigenvalue weighted by atomic mass is 9.86. The van der Waals surface area contributed by atoms with Gasteiger partial charge in [-0.05, 0) is 47.4 Å². The van der Waals surface area contributed by atoms with Gasteiger partial charge in [0, 0.05) is 7.11 Å². The lowest BCUT2D eigenvalue weighted by molar-refractivity contribution is 0.0391. The van der Waals surface area contributed by atoms with Crippen LogP contribution in [0.2, 0.25) is 0 Å². The van der Waals surface area contributed by atoms with Crippen LogP contribution in [0.1, 0.15) is 18.1 Å². The van der Waals surface area contributed by atoms with E-state index in [-0.39, 0.29) is 5.75 Å². The molecule has 0 aliphatic carbocycles. The minimum atomic E-state index is -0.506. The average Bonchev–Trinajstić information content (AvgIpc) is 2.62. The Kier molecular flexibility index (Phi) is 4.18. The van der Waals surface area contributed by atoms with Crippen molar-refractivity contribution in [3.8, 4) is 16.9 Å². The van der Waals surface area contributed by atoms with E-state index in [4.69, 9.17) is 4.74 Å². The first kappa shape index (κ1) is 15.3. The molecule has 23 heavy (non-hydrogen) atoms. The van der Waals surface area contributed by atoms with Gasteiger partial charge in [-0.25, -0.2) is 0 Å². The van der Waals surface area contributed by atoms with Crippen molar-refractivity contribution in [3.05, 3.63) is 90.0 Å². The van der Waals surface area contributed by atoms with E-state index in [9.17, 15) is 5.11 Å². The Hall–Kier alpha value is -2.58. The van der Waals surface area contributed by atoms with Crippen molar-refractivity contribution in [1.82, 2.24) is 0 Å². The average molecular weight is 304 g/mol. The summed E-state index contributed by atoms with van der Waals surface area (Å²) >= 11 is 0. The number of rotatable bonds is 4. The van der Waals surface area contributed by atoms with Gasteiger partial charge in [0.25, 0.3) is 0 Å². The highest BCUT2D eigenvalue weighted by Crippen LogP contribution is 2.34. The molecule has 0 radical (unpaired) electrons. The standard InChI is InChI=1S/C21H20O2/c1-21(23-2,18-8-4-3-5-9-18)19-10-6-7-17(15-19)16-11-13-20(22)14-12-16/h3-15,22H,1-2H3. The van der Waals surface area contributed by atoms with Crippen LogP contribution in [-0.2, 0) is 10.3 Å². The van der Waals surface area contributed by atoms with E-state index in [1.54, 1.807) is 19.2 Å². The van der Waals surface area contributed by atoms with Crippen molar-refractivity contribution in [3.63, 3.8) is 0 Å². The molecular weight excluding hydrogens is 284 g/mol. The molecule has 0 bridgehead atoms. The molecule has 1 atom stereocenters. The minimum Gasteiger partial charge on any atom is -0.508 e. The Bertz CT molecular complexity index is 778. The van der Waals surface area contributed by atoms with Gasteiger partial charge in [-0.1, -0.05) is 60.7 Å². The molecule has 0 saturated heterocycles. The van der Waals surface area contributed by atoms with Crippen LogP contribution in [0.25, 0.3) is 11.1 Å². The number of benzene rings is 3. The van der Waals surface area contributed by atoms with E-state index in [0.717, 1.165) is 22.3 Å². The normalized spacial score (nSPS) is 13.5. The maximum atomic E-state index is 9.45. The molecule has 3 aromatic carbocycles. The minimum absolute atomic E-state index is 0.274. The summed E-state index contributed by atoms with van der Waals surface area (Å²) in [5.41, 5.74) is 3.87. The van der Waals surface area contributed by atoms with Crippen LogP contribution in [0.3, 0.4) is 0 Å². The summed E-state index contributed by atoms with van der Waals surface area (Å²) in [4.78, 5) is 0. The van der Waals surface area contributed by atoms with E-state index in [1.807, 2.05) is 36.4 Å². The molecule has 3 rings (SSSR count). The lowest BCUT2D eigenvalue weighted by Crippen LogP contribution is -2.25. The fourth-order valence-electron chi connectivity index (χ4n) is 2.81. The largest absolute Gasteiger partial charge is 0.508 e. The molecule has 0 aliphatic heterocycles. The van der Waals surface area contributed by atoms with Gasteiger partial charge in [0.15, 0.2) is 0 Å². The van der Waals surface area contributed by atoms with Crippen molar-refractivity contribution >= 4 is 0 Å². The maximum Gasteiger partial charge on any atom is 0.115 e. The Morgan fingerprint density at radius 1 is 0.739 bits per heavy atom. The third kappa shape index (κ3) is 2.99. The summed E-state index contributed by atoms with van der Waals surface area (Å²) in [6, 6.07) is 25.8. The number of aromatic hydroxyl groups is 1. The van der Waals surface area contributed by atoms with Crippen molar-refractivity contribution in [1.29, 1.82) is 0 Å². The molecule has 1 N–H and O–H groups in total. The summed E-state index contributed by atoms with van der Waals surface area (Å²) < 4.78 is 5.88.